The second kappa shape index (κ2) is 5.53. The molecule has 100 valence electrons. The van der Waals surface area contributed by atoms with E-state index in [1.807, 2.05) is 23.1 Å². The molecule has 1 aliphatic rings. The summed E-state index contributed by atoms with van der Waals surface area (Å²) in [5.74, 6) is 0. The Hall–Kier alpha value is -1.68. The van der Waals surface area contributed by atoms with E-state index in [2.05, 4.69) is 28.4 Å². The van der Waals surface area contributed by atoms with Crippen LogP contribution in [0.5, 0.6) is 0 Å². The van der Waals surface area contributed by atoms with Gasteiger partial charge in [-0.3, -0.25) is 4.98 Å². The summed E-state index contributed by atoms with van der Waals surface area (Å²) in [6.07, 6.45) is 14.9. The van der Waals surface area contributed by atoms with E-state index in [-0.39, 0.29) is 6.04 Å². The quantitative estimate of drug-likeness (QED) is 0.855. The second-order valence-electron chi connectivity index (χ2n) is 5.02. The normalized spacial score (nSPS) is 17.4. The molecular weight excluding hydrogens is 236 g/mol. The van der Waals surface area contributed by atoms with Crippen LogP contribution in [0.1, 0.15) is 44.2 Å². The number of aromatic nitrogens is 3. The number of nitrogens with zero attached hydrogens (tertiary/aromatic N) is 3. The summed E-state index contributed by atoms with van der Waals surface area (Å²) in [7, 11) is 0. The Kier molecular flexibility index (Phi) is 3.60. The molecule has 0 saturated carbocycles. The van der Waals surface area contributed by atoms with Gasteiger partial charge in [-0.15, -0.1) is 0 Å². The largest absolute Gasteiger partial charge is 0.307 e. The second-order valence-corrected chi connectivity index (χ2v) is 5.02. The van der Waals surface area contributed by atoms with Gasteiger partial charge in [-0.05, 0) is 32.2 Å². The van der Waals surface area contributed by atoms with Crippen LogP contribution >= 0.6 is 0 Å². The van der Waals surface area contributed by atoms with Gasteiger partial charge in [0.05, 0.1) is 24.0 Å². The van der Waals surface area contributed by atoms with Crippen LogP contribution in [0.4, 0.5) is 0 Å². The Balaban J connectivity index is 2.01. The van der Waals surface area contributed by atoms with Crippen LogP contribution < -0.4 is 5.32 Å². The lowest BCUT2D eigenvalue weighted by molar-refractivity contribution is 0.566. The van der Waals surface area contributed by atoms with Crippen molar-refractivity contribution in [1.29, 1.82) is 0 Å². The first-order valence-electron chi connectivity index (χ1n) is 7.09. The van der Waals surface area contributed by atoms with Crippen LogP contribution in [0.15, 0.2) is 36.4 Å². The SMILES string of the molecule is CCNC(C1=CCCCC1)c1cnn2ccncc12. The molecule has 1 unspecified atom stereocenters. The van der Waals surface area contributed by atoms with Crippen LogP contribution in [0.25, 0.3) is 5.52 Å². The maximum absolute atomic E-state index is 4.43. The van der Waals surface area contributed by atoms with Crippen LogP contribution in [-0.2, 0) is 0 Å². The predicted octanol–water partition coefficient (Wildman–Crippen LogP) is 2.88. The summed E-state index contributed by atoms with van der Waals surface area (Å²) < 4.78 is 1.90. The van der Waals surface area contributed by atoms with Gasteiger partial charge < -0.3 is 5.32 Å². The summed E-state index contributed by atoms with van der Waals surface area (Å²) in [5.41, 5.74) is 3.84. The smallest absolute Gasteiger partial charge is 0.0896 e. The van der Waals surface area contributed by atoms with Crippen molar-refractivity contribution in [3.63, 3.8) is 0 Å². The van der Waals surface area contributed by atoms with Crippen LogP contribution in [0.2, 0.25) is 0 Å². The van der Waals surface area contributed by atoms with E-state index < -0.39 is 0 Å². The zero-order valence-electron chi connectivity index (χ0n) is 11.3. The van der Waals surface area contributed by atoms with Crippen molar-refractivity contribution in [1.82, 2.24) is 19.9 Å². The molecule has 0 spiro atoms. The molecule has 4 nitrogen and oxygen atoms in total. The van der Waals surface area contributed by atoms with Gasteiger partial charge >= 0.3 is 0 Å². The van der Waals surface area contributed by atoms with Gasteiger partial charge in [-0.2, -0.15) is 5.10 Å². The third kappa shape index (κ3) is 2.40. The highest BCUT2D eigenvalue weighted by Crippen LogP contribution is 2.31. The third-order valence-electron chi connectivity index (χ3n) is 3.77. The van der Waals surface area contributed by atoms with E-state index in [1.165, 1.54) is 36.8 Å². The van der Waals surface area contributed by atoms with E-state index in [0.29, 0.717) is 0 Å². The molecule has 1 N–H and O–H groups in total. The van der Waals surface area contributed by atoms with Crippen molar-refractivity contribution in [2.75, 3.05) is 6.54 Å². The molecule has 2 heterocycles. The fourth-order valence-corrected chi connectivity index (χ4v) is 2.85. The Morgan fingerprint density at radius 3 is 3.11 bits per heavy atom. The molecule has 2 aromatic rings. The molecule has 0 radical (unpaired) electrons. The lowest BCUT2D eigenvalue weighted by Crippen LogP contribution is -2.23. The van der Waals surface area contributed by atoms with Gasteiger partial charge in [0.25, 0.3) is 0 Å². The molecule has 0 amide bonds. The molecule has 0 bridgehead atoms. The minimum absolute atomic E-state index is 0.284. The Labute approximate surface area is 113 Å². The Bertz CT molecular complexity index is 585. The first-order valence-corrected chi connectivity index (χ1v) is 7.09. The van der Waals surface area contributed by atoms with Gasteiger partial charge in [0.1, 0.15) is 0 Å². The summed E-state index contributed by atoms with van der Waals surface area (Å²) in [6.45, 7) is 3.11. The molecule has 2 aromatic heterocycles. The zero-order valence-corrected chi connectivity index (χ0v) is 11.3. The minimum atomic E-state index is 0.284. The van der Waals surface area contributed by atoms with Crippen molar-refractivity contribution in [2.24, 2.45) is 0 Å². The van der Waals surface area contributed by atoms with Crippen LogP contribution in [0.3, 0.4) is 0 Å². The number of allylic oxidation sites excluding steroid dienone is 1. The molecular formula is C15H20N4. The fraction of sp³-hybridized carbons (Fsp3) is 0.467. The van der Waals surface area contributed by atoms with Gasteiger partial charge in [0.2, 0.25) is 0 Å². The summed E-state index contributed by atoms with van der Waals surface area (Å²) in [5, 5.41) is 8.02. The maximum Gasteiger partial charge on any atom is 0.0896 e. The van der Waals surface area contributed by atoms with Crippen molar-refractivity contribution in [3.05, 3.63) is 42.0 Å². The molecule has 0 fully saturated rings. The van der Waals surface area contributed by atoms with E-state index >= 15 is 0 Å². The standard InChI is InChI=1S/C15H20N4/c1-2-17-15(12-6-4-3-5-7-12)13-10-18-19-9-8-16-11-14(13)19/h6,8-11,15,17H,2-5,7H2,1H3. The summed E-state index contributed by atoms with van der Waals surface area (Å²) >= 11 is 0. The van der Waals surface area contributed by atoms with Gasteiger partial charge in [-0.1, -0.05) is 18.6 Å². The van der Waals surface area contributed by atoms with E-state index in [4.69, 9.17) is 0 Å². The monoisotopic (exact) mass is 256 g/mol. The van der Waals surface area contributed by atoms with Crippen molar-refractivity contribution in [2.45, 2.75) is 38.6 Å². The molecule has 0 aliphatic heterocycles. The van der Waals surface area contributed by atoms with Crippen molar-refractivity contribution in [3.8, 4) is 0 Å². The van der Waals surface area contributed by atoms with Gasteiger partial charge in [-0.25, -0.2) is 4.52 Å². The highest BCUT2D eigenvalue weighted by atomic mass is 15.2. The number of rotatable bonds is 4. The molecule has 1 aliphatic carbocycles. The summed E-state index contributed by atoms with van der Waals surface area (Å²) in [6, 6.07) is 0.284. The third-order valence-corrected chi connectivity index (χ3v) is 3.77. The first kappa shape index (κ1) is 12.4. The van der Waals surface area contributed by atoms with Crippen LogP contribution in [0, 0.1) is 0 Å². The maximum atomic E-state index is 4.43. The Morgan fingerprint density at radius 1 is 1.37 bits per heavy atom. The lowest BCUT2D eigenvalue weighted by atomic mass is 9.90. The van der Waals surface area contributed by atoms with Gasteiger partial charge in [0, 0.05) is 18.0 Å². The molecule has 0 aromatic carbocycles. The number of hydrogen-bond donors (Lipinski definition) is 1. The zero-order chi connectivity index (χ0) is 13.1. The average Bonchev–Trinajstić information content (AvgIpc) is 2.89. The predicted molar refractivity (Wildman–Crippen MR) is 76.0 cm³/mol. The fourth-order valence-electron chi connectivity index (χ4n) is 2.85. The number of likely N-dealkylation sites (N-methyl/N-ethyl adjacent to an activating group) is 1. The highest BCUT2D eigenvalue weighted by Gasteiger charge is 2.20. The molecule has 0 saturated heterocycles. The molecule has 4 heteroatoms. The highest BCUT2D eigenvalue weighted by molar-refractivity contribution is 5.55. The number of hydrogen-bond acceptors (Lipinski definition) is 3. The molecule has 1 atom stereocenters. The first-order chi connectivity index (χ1) is 9.40. The van der Waals surface area contributed by atoms with E-state index in [9.17, 15) is 0 Å². The number of fused-ring (bicyclic) bond motifs is 1. The van der Waals surface area contributed by atoms with Gasteiger partial charge in [0.15, 0.2) is 0 Å². The molecule has 3 rings (SSSR count). The molecule has 19 heavy (non-hydrogen) atoms. The van der Waals surface area contributed by atoms with E-state index in [0.717, 1.165) is 12.1 Å². The van der Waals surface area contributed by atoms with E-state index in [1.54, 1.807) is 6.20 Å². The summed E-state index contributed by atoms with van der Waals surface area (Å²) in [4.78, 5) is 4.23. The van der Waals surface area contributed by atoms with Crippen molar-refractivity contribution >= 4 is 5.52 Å². The number of nitrogens with one attached hydrogen (secondary N) is 1. The average molecular weight is 256 g/mol. The van der Waals surface area contributed by atoms with Crippen LogP contribution in [-0.4, -0.2) is 21.1 Å². The Morgan fingerprint density at radius 2 is 2.32 bits per heavy atom. The minimum Gasteiger partial charge on any atom is -0.307 e. The van der Waals surface area contributed by atoms with Crippen molar-refractivity contribution < 1.29 is 0 Å². The topological polar surface area (TPSA) is 42.2 Å². The lowest BCUT2D eigenvalue weighted by Gasteiger charge is -2.23.